The monoisotopic (exact) mass is 299 g/mol. The Bertz CT molecular complexity index is 605. The average Bonchev–Trinajstić information content (AvgIpc) is 2.49. The third-order valence-electron chi connectivity index (χ3n) is 4.46. The first-order chi connectivity index (χ1) is 10.4. The van der Waals surface area contributed by atoms with Crippen LogP contribution in [0, 0.1) is 5.92 Å². The molecule has 0 saturated carbocycles. The van der Waals surface area contributed by atoms with Gasteiger partial charge in [-0.05, 0) is 48.8 Å². The van der Waals surface area contributed by atoms with Gasteiger partial charge in [0.05, 0.1) is 0 Å². The maximum Gasteiger partial charge on any atom is 0.207 e. The maximum absolute atomic E-state index is 15.4. The van der Waals surface area contributed by atoms with Gasteiger partial charge in [-0.3, -0.25) is 5.73 Å². The molecule has 0 bridgehead atoms. The second kappa shape index (κ2) is 6.62. The summed E-state index contributed by atoms with van der Waals surface area (Å²) in [6.45, 7) is 10.0. The standard InChI is InChI=1S/C20H26FN/c1-5-7-18-15(6-2)12-13-19(20(18,21)22)17-10-8-16(9-11-17)14(3)4/h7-11,13,15H,3,5-6,12,22H2,1-2,4H3/b18-7+. The zero-order chi connectivity index (χ0) is 16.3. The van der Waals surface area contributed by atoms with Crippen LogP contribution in [-0.2, 0) is 0 Å². The molecule has 118 valence electrons. The van der Waals surface area contributed by atoms with Crippen molar-refractivity contribution in [2.75, 3.05) is 0 Å². The Morgan fingerprint density at radius 2 is 2.00 bits per heavy atom. The molecule has 0 spiro atoms. The highest BCUT2D eigenvalue weighted by Crippen LogP contribution is 2.43. The van der Waals surface area contributed by atoms with Crippen molar-refractivity contribution in [3.8, 4) is 0 Å². The molecule has 0 radical (unpaired) electrons. The van der Waals surface area contributed by atoms with E-state index in [1.54, 1.807) is 0 Å². The quantitative estimate of drug-likeness (QED) is 0.577. The molecule has 2 rings (SSSR count). The lowest BCUT2D eigenvalue weighted by Gasteiger charge is -2.36. The molecule has 1 nitrogen and oxygen atoms in total. The number of rotatable bonds is 4. The van der Waals surface area contributed by atoms with Gasteiger partial charge in [0, 0.05) is 5.57 Å². The summed E-state index contributed by atoms with van der Waals surface area (Å²) in [4.78, 5) is 0. The Balaban J connectivity index is 2.44. The van der Waals surface area contributed by atoms with Gasteiger partial charge >= 0.3 is 0 Å². The van der Waals surface area contributed by atoms with Gasteiger partial charge in [-0.15, -0.1) is 0 Å². The van der Waals surface area contributed by atoms with E-state index >= 15 is 4.39 Å². The van der Waals surface area contributed by atoms with Gasteiger partial charge in [0.25, 0.3) is 0 Å². The van der Waals surface area contributed by atoms with Crippen LogP contribution in [0.1, 0.15) is 51.2 Å². The highest BCUT2D eigenvalue weighted by atomic mass is 19.1. The minimum Gasteiger partial charge on any atom is -0.292 e. The van der Waals surface area contributed by atoms with E-state index in [-0.39, 0.29) is 5.92 Å². The summed E-state index contributed by atoms with van der Waals surface area (Å²) in [5.74, 6) is -1.67. The lowest BCUT2D eigenvalue weighted by atomic mass is 9.75. The molecular weight excluding hydrogens is 273 g/mol. The minimum atomic E-state index is -1.88. The molecule has 1 aliphatic carbocycles. The Hall–Kier alpha value is -1.67. The van der Waals surface area contributed by atoms with Crippen LogP contribution in [0.4, 0.5) is 4.39 Å². The van der Waals surface area contributed by atoms with E-state index in [2.05, 4.69) is 13.5 Å². The second-order valence-electron chi connectivity index (χ2n) is 6.10. The summed E-state index contributed by atoms with van der Waals surface area (Å²) in [5.41, 5.74) is 10.4. The molecule has 0 saturated heterocycles. The van der Waals surface area contributed by atoms with E-state index in [9.17, 15) is 0 Å². The van der Waals surface area contributed by atoms with Gasteiger partial charge in [0.2, 0.25) is 5.79 Å². The average molecular weight is 299 g/mol. The lowest BCUT2D eigenvalue weighted by molar-refractivity contribution is 0.266. The summed E-state index contributed by atoms with van der Waals surface area (Å²) in [6.07, 6.45) is 6.49. The number of alkyl halides is 1. The van der Waals surface area contributed by atoms with Gasteiger partial charge in [-0.1, -0.05) is 62.4 Å². The van der Waals surface area contributed by atoms with Crippen LogP contribution in [0.25, 0.3) is 11.1 Å². The van der Waals surface area contributed by atoms with Crippen LogP contribution < -0.4 is 5.73 Å². The van der Waals surface area contributed by atoms with Crippen molar-refractivity contribution in [3.63, 3.8) is 0 Å². The van der Waals surface area contributed by atoms with Crippen LogP contribution in [0.2, 0.25) is 0 Å². The first kappa shape index (κ1) is 16.7. The largest absolute Gasteiger partial charge is 0.292 e. The predicted molar refractivity (Wildman–Crippen MR) is 93.9 cm³/mol. The highest BCUT2D eigenvalue weighted by Gasteiger charge is 2.40. The van der Waals surface area contributed by atoms with Crippen LogP contribution in [-0.4, -0.2) is 5.79 Å². The molecule has 0 heterocycles. The second-order valence-corrected chi connectivity index (χ2v) is 6.10. The fourth-order valence-electron chi connectivity index (χ4n) is 3.17. The molecule has 1 aromatic rings. The van der Waals surface area contributed by atoms with Gasteiger partial charge in [-0.25, -0.2) is 4.39 Å². The normalized spacial score (nSPS) is 26.9. The van der Waals surface area contributed by atoms with Gasteiger partial charge in [-0.2, -0.15) is 0 Å². The number of benzene rings is 1. The predicted octanol–water partition coefficient (Wildman–Crippen LogP) is 5.49. The molecule has 22 heavy (non-hydrogen) atoms. The van der Waals surface area contributed by atoms with E-state index in [4.69, 9.17) is 5.73 Å². The molecule has 1 aromatic carbocycles. The van der Waals surface area contributed by atoms with Crippen molar-refractivity contribution in [1.29, 1.82) is 0 Å². The first-order valence-corrected chi connectivity index (χ1v) is 8.07. The van der Waals surface area contributed by atoms with Crippen LogP contribution in [0.3, 0.4) is 0 Å². The topological polar surface area (TPSA) is 26.0 Å². The van der Waals surface area contributed by atoms with E-state index < -0.39 is 5.79 Å². The first-order valence-electron chi connectivity index (χ1n) is 8.07. The van der Waals surface area contributed by atoms with Gasteiger partial charge < -0.3 is 0 Å². The third-order valence-corrected chi connectivity index (χ3v) is 4.46. The highest BCUT2D eigenvalue weighted by molar-refractivity contribution is 5.77. The zero-order valence-electron chi connectivity index (χ0n) is 13.8. The number of nitrogens with two attached hydrogens (primary N) is 1. The molecule has 2 atom stereocenters. The van der Waals surface area contributed by atoms with Crippen molar-refractivity contribution in [2.45, 2.75) is 45.8 Å². The van der Waals surface area contributed by atoms with Crippen LogP contribution in [0.5, 0.6) is 0 Å². The molecule has 0 fully saturated rings. The molecule has 2 heteroatoms. The fraction of sp³-hybridized carbons (Fsp3) is 0.400. The molecule has 0 aliphatic heterocycles. The van der Waals surface area contributed by atoms with E-state index in [1.165, 1.54) is 0 Å². The Morgan fingerprint density at radius 1 is 1.36 bits per heavy atom. The maximum atomic E-state index is 15.4. The zero-order valence-corrected chi connectivity index (χ0v) is 13.8. The van der Waals surface area contributed by atoms with Crippen molar-refractivity contribution in [2.24, 2.45) is 11.7 Å². The summed E-state index contributed by atoms with van der Waals surface area (Å²) >= 11 is 0. The minimum absolute atomic E-state index is 0.202. The van der Waals surface area contributed by atoms with Gasteiger partial charge in [0.15, 0.2) is 0 Å². The van der Waals surface area contributed by atoms with Crippen molar-refractivity contribution < 1.29 is 4.39 Å². The molecule has 1 aliphatic rings. The SMILES string of the molecule is C=C(C)c1ccc(C2=CCC(CC)/C(=C\CC)C2(N)F)cc1. The summed E-state index contributed by atoms with van der Waals surface area (Å²) < 4.78 is 15.4. The van der Waals surface area contributed by atoms with Gasteiger partial charge in [0.1, 0.15) is 0 Å². The summed E-state index contributed by atoms with van der Waals surface area (Å²) in [6, 6.07) is 7.83. The molecule has 0 amide bonds. The van der Waals surface area contributed by atoms with Crippen molar-refractivity contribution in [3.05, 3.63) is 59.7 Å². The molecule has 2 N–H and O–H groups in total. The number of allylic oxidation sites excluding steroid dienone is 3. The Morgan fingerprint density at radius 3 is 2.50 bits per heavy atom. The molecular formula is C20H26FN. The smallest absolute Gasteiger partial charge is 0.207 e. The van der Waals surface area contributed by atoms with Crippen molar-refractivity contribution in [1.82, 2.24) is 0 Å². The molecule has 0 aromatic heterocycles. The summed E-state index contributed by atoms with van der Waals surface area (Å²) in [5, 5.41) is 0. The third kappa shape index (κ3) is 3.07. The van der Waals surface area contributed by atoms with Crippen molar-refractivity contribution >= 4 is 11.1 Å². The molecule has 2 unspecified atom stereocenters. The fourth-order valence-corrected chi connectivity index (χ4v) is 3.17. The summed E-state index contributed by atoms with van der Waals surface area (Å²) in [7, 11) is 0. The number of hydrogen-bond acceptors (Lipinski definition) is 1. The van der Waals surface area contributed by atoms with E-state index in [0.717, 1.165) is 41.5 Å². The van der Waals surface area contributed by atoms with Crippen LogP contribution >= 0.6 is 0 Å². The lowest BCUT2D eigenvalue weighted by Crippen LogP contribution is -2.43. The van der Waals surface area contributed by atoms with Crippen LogP contribution in [0.15, 0.2) is 48.6 Å². The number of halogens is 1. The van der Waals surface area contributed by atoms with E-state index in [1.807, 2.05) is 50.3 Å². The Kier molecular flexibility index (Phi) is 5.02. The van der Waals surface area contributed by atoms with E-state index in [0.29, 0.717) is 5.57 Å². The Labute approximate surface area is 133 Å². The number of hydrogen-bond donors (Lipinski definition) is 1.